The van der Waals surface area contributed by atoms with Gasteiger partial charge in [0.1, 0.15) is 5.78 Å². The first-order chi connectivity index (χ1) is 9.19. The van der Waals surface area contributed by atoms with Crippen molar-refractivity contribution < 1.29 is 9.53 Å². The summed E-state index contributed by atoms with van der Waals surface area (Å²) in [6.07, 6.45) is 2.53. The molecule has 1 atom stereocenters. The Labute approximate surface area is 116 Å². The number of hydrogen-bond acceptors (Lipinski definition) is 5. The minimum Gasteiger partial charge on any atom is -0.381 e. The Morgan fingerprint density at radius 1 is 1.63 bits per heavy atom. The molecular weight excluding hydrogens is 264 g/mol. The Kier molecular flexibility index (Phi) is 5.15. The lowest BCUT2D eigenvalue weighted by Crippen LogP contribution is -2.17. The third kappa shape index (κ3) is 4.18. The van der Waals surface area contributed by atoms with E-state index < -0.39 is 0 Å². The van der Waals surface area contributed by atoms with Gasteiger partial charge in [-0.25, -0.2) is 4.98 Å². The molecule has 0 spiro atoms. The minimum atomic E-state index is -0.155. The lowest BCUT2D eigenvalue weighted by atomic mass is 10.1. The Morgan fingerprint density at radius 2 is 2.47 bits per heavy atom. The van der Waals surface area contributed by atoms with Crippen LogP contribution in [-0.2, 0) is 16.0 Å². The van der Waals surface area contributed by atoms with Crippen molar-refractivity contribution in [3.8, 4) is 0 Å². The second-order valence-corrected chi connectivity index (χ2v) is 5.57. The Hall–Kier alpha value is -1.14. The molecule has 1 aromatic heterocycles. The highest BCUT2D eigenvalue weighted by Gasteiger charge is 2.23. The van der Waals surface area contributed by atoms with Crippen LogP contribution in [-0.4, -0.2) is 34.7 Å². The van der Waals surface area contributed by atoms with Gasteiger partial charge in [0.2, 0.25) is 0 Å². The summed E-state index contributed by atoms with van der Waals surface area (Å²) in [7, 11) is 0. The third-order valence-corrected chi connectivity index (χ3v) is 3.91. The Bertz CT molecular complexity index is 495. The van der Waals surface area contributed by atoms with Crippen molar-refractivity contribution in [3.63, 3.8) is 0 Å². The molecule has 104 valence electrons. The number of ketones is 1. The zero-order valence-corrected chi connectivity index (χ0v) is 11.8. The smallest absolute Gasteiger partial charge is 0.251 e. The summed E-state index contributed by atoms with van der Waals surface area (Å²) in [4.78, 5) is 30.4. The van der Waals surface area contributed by atoms with Gasteiger partial charge in [-0.3, -0.25) is 9.59 Å². The fraction of sp³-hybridized carbons (Fsp3) is 0.615. The molecule has 1 aliphatic heterocycles. The maximum atomic E-state index is 11.9. The molecule has 5 nitrogen and oxygen atoms in total. The molecule has 1 N–H and O–H groups in total. The number of hydrogen-bond donors (Lipinski definition) is 1. The summed E-state index contributed by atoms with van der Waals surface area (Å²) in [5.41, 5.74) is 0.628. The number of Topliss-reactive ketones (excluding diaryl/α,β-unsaturated/α-hetero) is 1. The highest BCUT2D eigenvalue weighted by atomic mass is 32.2. The van der Waals surface area contributed by atoms with Gasteiger partial charge in [-0.1, -0.05) is 25.1 Å². The molecule has 0 bridgehead atoms. The second kappa shape index (κ2) is 6.86. The maximum absolute atomic E-state index is 11.9. The zero-order chi connectivity index (χ0) is 13.7. The highest BCUT2D eigenvalue weighted by Crippen LogP contribution is 2.19. The molecule has 2 rings (SSSR count). The number of H-pyrrole nitrogens is 1. The van der Waals surface area contributed by atoms with E-state index in [1.807, 2.05) is 6.92 Å². The monoisotopic (exact) mass is 282 g/mol. The lowest BCUT2D eigenvalue weighted by Gasteiger charge is -2.06. The second-order valence-electron chi connectivity index (χ2n) is 4.61. The van der Waals surface area contributed by atoms with Gasteiger partial charge < -0.3 is 9.72 Å². The first-order valence-corrected chi connectivity index (χ1v) is 7.51. The Balaban J connectivity index is 1.94. The van der Waals surface area contributed by atoms with Crippen LogP contribution in [0.2, 0.25) is 0 Å². The summed E-state index contributed by atoms with van der Waals surface area (Å²) in [6, 6.07) is 1.51. The molecule has 1 aliphatic rings. The van der Waals surface area contributed by atoms with E-state index in [2.05, 4.69) is 9.97 Å². The number of thioether (sulfide) groups is 1. The summed E-state index contributed by atoms with van der Waals surface area (Å²) < 4.78 is 5.20. The predicted molar refractivity (Wildman–Crippen MR) is 73.5 cm³/mol. The van der Waals surface area contributed by atoms with Gasteiger partial charge in [-0.15, -0.1) is 0 Å². The summed E-state index contributed by atoms with van der Waals surface area (Å²) in [5, 5.41) is 0.531. The summed E-state index contributed by atoms with van der Waals surface area (Å²) in [5.74, 6) is 0.524. The van der Waals surface area contributed by atoms with Crippen molar-refractivity contribution in [1.29, 1.82) is 0 Å². The van der Waals surface area contributed by atoms with Crippen LogP contribution in [0, 0.1) is 5.92 Å². The predicted octanol–water partition coefficient (Wildman–Crippen LogP) is 1.42. The van der Waals surface area contributed by atoms with E-state index in [1.54, 1.807) is 0 Å². The number of aromatic nitrogens is 2. The molecule has 1 aromatic rings. The number of nitrogens with zero attached hydrogens (tertiary/aromatic N) is 1. The van der Waals surface area contributed by atoms with Crippen LogP contribution in [0.4, 0.5) is 0 Å². The fourth-order valence-electron chi connectivity index (χ4n) is 1.98. The number of carbonyl (C=O) groups excluding carboxylic acids is 1. The van der Waals surface area contributed by atoms with Gasteiger partial charge in [-0.05, 0) is 12.8 Å². The molecule has 0 aliphatic carbocycles. The fourth-order valence-corrected chi connectivity index (χ4v) is 2.85. The first kappa shape index (κ1) is 14.3. The quantitative estimate of drug-likeness (QED) is 0.631. The van der Waals surface area contributed by atoms with Crippen molar-refractivity contribution in [3.05, 3.63) is 22.1 Å². The number of rotatable bonds is 6. The van der Waals surface area contributed by atoms with Crippen molar-refractivity contribution in [2.24, 2.45) is 5.92 Å². The van der Waals surface area contributed by atoms with Gasteiger partial charge in [-0.2, -0.15) is 0 Å². The number of aryl methyl sites for hydroxylation is 1. The van der Waals surface area contributed by atoms with Crippen LogP contribution in [0.25, 0.3) is 0 Å². The maximum Gasteiger partial charge on any atom is 0.251 e. The molecule has 0 aromatic carbocycles. The standard InChI is InChI=1S/C13H18N2O3S/c1-2-3-10-6-12(17)15-13(14-10)19-8-11(16)9-4-5-18-7-9/h6,9H,2-5,7-8H2,1H3,(H,14,15,17). The van der Waals surface area contributed by atoms with E-state index >= 15 is 0 Å². The van der Waals surface area contributed by atoms with Crippen molar-refractivity contribution in [2.75, 3.05) is 19.0 Å². The number of nitrogens with one attached hydrogen (secondary N) is 1. The van der Waals surface area contributed by atoms with Crippen LogP contribution < -0.4 is 5.56 Å². The van der Waals surface area contributed by atoms with Gasteiger partial charge >= 0.3 is 0 Å². The largest absolute Gasteiger partial charge is 0.381 e. The SMILES string of the molecule is CCCc1cc(=O)[nH]c(SCC(=O)C2CCOC2)n1. The topological polar surface area (TPSA) is 72.0 Å². The van der Waals surface area contributed by atoms with Gasteiger partial charge in [0, 0.05) is 24.3 Å². The molecule has 2 heterocycles. The van der Waals surface area contributed by atoms with E-state index in [4.69, 9.17) is 4.74 Å². The van der Waals surface area contributed by atoms with Crippen LogP contribution in [0.3, 0.4) is 0 Å². The van der Waals surface area contributed by atoms with Crippen LogP contribution in [0.15, 0.2) is 16.0 Å². The van der Waals surface area contributed by atoms with E-state index in [1.165, 1.54) is 17.8 Å². The van der Waals surface area contributed by atoms with Crippen LogP contribution in [0.5, 0.6) is 0 Å². The molecule has 0 radical (unpaired) electrons. The first-order valence-electron chi connectivity index (χ1n) is 6.52. The van der Waals surface area contributed by atoms with E-state index in [9.17, 15) is 9.59 Å². The number of ether oxygens (including phenoxy) is 1. The average Bonchev–Trinajstić information content (AvgIpc) is 2.89. The molecule has 1 unspecified atom stereocenters. The average molecular weight is 282 g/mol. The van der Waals surface area contributed by atoms with Gasteiger partial charge in [0.15, 0.2) is 5.16 Å². The number of aromatic amines is 1. The normalized spacial score (nSPS) is 18.7. The van der Waals surface area contributed by atoms with Gasteiger partial charge in [0.05, 0.1) is 12.4 Å². The highest BCUT2D eigenvalue weighted by molar-refractivity contribution is 7.99. The summed E-state index contributed by atoms with van der Waals surface area (Å²) in [6.45, 7) is 3.24. The molecule has 1 saturated heterocycles. The minimum absolute atomic E-state index is 0.0121. The van der Waals surface area contributed by atoms with Crippen molar-refractivity contribution in [1.82, 2.24) is 9.97 Å². The molecule has 0 amide bonds. The molecule has 1 fully saturated rings. The van der Waals surface area contributed by atoms with E-state index in [0.717, 1.165) is 25.0 Å². The van der Waals surface area contributed by atoms with Crippen LogP contribution in [0.1, 0.15) is 25.5 Å². The molecule has 6 heteroatoms. The summed E-state index contributed by atoms with van der Waals surface area (Å²) >= 11 is 1.30. The van der Waals surface area contributed by atoms with E-state index in [0.29, 0.717) is 24.1 Å². The molecular formula is C13H18N2O3S. The third-order valence-electron chi connectivity index (χ3n) is 3.02. The van der Waals surface area contributed by atoms with Crippen molar-refractivity contribution >= 4 is 17.5 Å². The Morgan fingerprint density at radius 3 is 3.16 bits per heavy atom. The van der Waals surface area contributed by atoms with Crippen molar-refractivity contribution in [2.45, 2.75) is 31.3 Å². The number of carbonyl (C=O) groups is 1. The molecule has 19 heavy (non-hydrogen) atoms. The van der Waals surface area contributed by atoms with Gasteiger partial charge in [0.25, 0.3) is 5.56 Å². The lowest BCUT2D eigenvalue weighted by molar-refractivity contribution is -0.120. The molecule has 0 saturated carbocycles. The van der Waals surface area contributed by atoms with Crippen LogP contribution >= 0.6 is 11.8 Å². The zero-order valence-electron chi connectivity index (χ0n) is 11.0. The van der Waals surface area contributed by atoms with E-state index in [-0.39, 0.29) is 17.3 Å².